The first-order valence-corrected chi connectivity index (χ1v) is 10.3. The van der Waals surface area contributed by atoms with E-state index >= 15 is 0 Å². The van der Waals surface area contributed by atoms with Crippen LogP contribution in [0.4, 0.5) is 0 Å². The van der Waals surface area contributed by atoms with Gasteiger partial charge < -0.3 is 14.8 Å². The molecule has 0 aliphatic carbocycles. The molecule has 2 N–H and O–H groups in total. The van der Waals surface area contributed by atoms with Crippen LogP contribution in [-0.2, 0) is 13.1 Å². The number of piperidine rings is 1. The zero-order chi connectivity index (χ0) is 20.4. The van der Waals surface area contributed by atoms with Crippen molar-refractivity contribution >= 4 is 16.9 Å². The zero-order valence-electron chi connectivity index (χ0n) is 17.1. The summed E-state index contributed by atoms with van der Waals surface area (Å²) >= 11 is 0. The van der Waals surface area contributed by atoms with Gasteiger partial charge in [0, 0.05) is 30.6 Å². The number of phenols is 1. The summed E-state index contributed by atoms with van der Waals surface area (Å²) in [5, 5.41) is 14.4. The summed E-state index contributed by atoms with van der Waals surface area (Å²) in [7, 11) is 0. The number of benzene rings is 2. The molecule has 3 aromatic rings. The fraction of sp³-hybridized carbons (Fsp3) is 0.375. The minimum absolute atomic E-state index is 0.177. The molecule has 1 saturated heterocycles. The first kappa shape index (κ1) is 19.5. The minimum Gasteiger partial charge on any atom is -0.508 e. The molecule has 152 valence electrons. The van der Waals surface area contributed by atoms with E-state index in [4.69, 9.17) is 4.42 Å². The van der Waals surface area contributed by atoms with E-state index in [-0.39, 0.29) is 11.7 Å². The number of nitrogens with zero attached hydrogens (tertiary/aromatic N) is 1. The van der Waals surface area contributed by atoms with Crippen molar-refractivity contribution in [2.75, 3.05) is 13.1 Å². The van der Waals surface area contributed by atoms with Crippen LogP contribution in [0.25, 0.3) is 11.0 Å². The second kappa shape index (κ2) is 8.29. The number of nitrogens with one attached hydrogen (secondary N) is 1. The van der Waals surface area contributed by atoms with Gasteiger partial charge in [0.05, 0.1) is 5.56 Å². The number of amides is 1. The minimum atomic E-state index is -0.177. The molecule has 2 aromatic carbocycles. The van der Waals surface area contributed by atoms with E-state index in [1.54, 1.807) is 19.1 Å². The molecule has 0 bridgehead atoms. The second-order valence-corrected chi connectivity index (χ2v) is 8.12. The summed E-state index contributed by atoms with van der Waals surface area (Å²) in [6.45, 7) is 7.14. The van der Waals surface area contributed by atoms with Gasteiger partial charge in [0.2, 0.25) is 0 Å². The van der Waals surface area contributed by atoms with Gasteiger partial charge in [-0.25, -0.2) is 0 Å². The highest BCUT2D eigenvalue weighted by atomic mass is 16.3. The molecule has 1 amide bonds. The molecule has 0 saturated carbocycles. The summed E-state index contributed by atoms with van der Waals surface area (Å²) in [6, 6.07) is 13.2. The number of phenolic OH excluding ortho intramolecular Hbond substituents is 1. The Bertz CT molecular complexity index is 1010. The van der Waals surface area contributed by atoms with E-state index < -0.39 is 0 Å². The van der Waals surface area contributed by atoms with Crippen molar-refractivity contribution in [3.63, 3.8) is 0 Å². The number of hydrogen-bond acceptors (Lipinski definition) is 4. The Hall–Kier alpha value is -2.79. The van der Waals surface area contributed by atoms with Gasteiger partial charge >= 0.3 is 0 Å². The van der Waals surface area contributed by atoms with Crippen LogP contribution in [0.15, 0.2) is 46.9 Å². The summed E-state index contributed by atoms with van der Waals surface area (Å²) in [5.74, 6) is 1.26. The summed E-state index contributed by atoms with van der Waals surface area (Å²) in [6.07, 6.45) is 2.40. The van der Waals surface area contributed by atoms with Crippen LogP contribution in [0.5, 0.6) is 5.75 Å². The van der Waals surface area contributed by atoms with Gasteiger partial charge in [0.15, 0.2) is 0 Å². The average Bonchev–Trinajstić information content (AvgIpc) is 3.05. The Morgan fingerprint density at radius 3 is 2.79 bits per heavy atom. The molecule has 5 heteroatoms. The lowest BCUT2D eigenvalue weighted by Crippen LogP contribution is -2.33. The first-order valence-electron chi connectivity index (χ1n) is 10.3. The fourth-order valence-corrected chi connectivity index (χ4v) is 4.32. The highest BCUT2D eigenvalue weighted by molar-refractivity contribution is 6.08. The molecule has 0 spiro atoms. The van der Waals surface area contributed by atoms with E-state index in [1.807, 2.05) is 30.3 Å². The fourth-order valence-electron chi connectivity index (χ4n) is 4.32. The van der Waals surface area contributed by atoms with Crippen LogP contribution in [-0.4, -0.2) is 29.0 Å². The monoisotopic (exact) mass is 392 g/mol. The number of fused-ring (bicyclic) bond motifs is 1. The Morgan fingerprint density at radius 1 is 1.24 bits per heavy atom. The van der Waals surface area contributed by atoms with E-state index in [2.05, 4.69) is 17.1 Å². The second-order valence-electron chi connectivity index (χ2n) is 8.12. The third kappa shape index (κ3) is 4.15. The van der Waals surface area contributed by atoms with Crippen molar-refractivity contribution in [3.8, 4) is 5.75 Å². The van der Waals surface area contributed by atoms with Gasteiger partial charge in [-0.2, -0.15) is 0 Å². The van der Waals surface area contributed by atoms with Gasteiger partial charge in [-0.1, -0.05) is 37.3 Å². The molecule has 1 atom stereocenters. The van der Waals surface area contributed by atoms with Gasteiger partial charge in [0.25, 0.3) is 5.91 Å². The summed E-state index contributed by atoms with van der Waals surface area (Å²) < 4.78 is 5.89. The van der Waals surface area contributed by atoms with E-state index in [0.29, 0.717) is 35.9 Å². The van der Waals surface area contributed by atoms with E-state index in [1.165, 1.54) is 6.42 Å². The summed E-state index contributed by atoms with van der Waals surface area (Å²) in [5.41, 5.74) is 2.98. The Morgan fingerprint density at radius 2 is 2.03 bits per heavy atom. The normalized spacial score (nSPS) is 17.5. The molecule has 5 nitrogen and oxygen atoms in total. The standard InChI is InChI=1S/C24H28N2O3/c1-16-7-6-12-26(14-16)15-19-20(27)10-11-21-23(19)22(17(2)29-21)24(28)25-13-18-8-4-3-5-9-18/h3-5,8-11,16,27H,6-7,12-15H2,1-2H3,(H,25,28)/t16-/m1/s1. The van der Waals surface area contributed by atoms with Crippen LogP contribution in [0.1, 0.15) is 47.0 Å². The Balaban J connectivity index is 1.65. The predicted molar refractivity (Wildman–Crippen MR) is 114 cm³/mol. The highest BCUT2D eigenvalue weighted by Gasteiger charge is 2.25. The lowest BCUT2D eigenvalue weighted by atomic mass is 9.98. The molecular weight excluding hydrogens is 364 g/mol. The van der Waals surface area contributed by atoms with Crippen molar-refractivity contribution in [2.45, 2.75) is 39.8 Å². The number of carbonyl (C=O) groups excluding carboxylic acids is 1. The van der Waals surface area contributed by atoms with Crippen molar-refractivity contribution in [2.24, 2.45) is 5.92 Å². The number of aryl methyl sites for hydroxylation is 1. The van der Waals surface area contributed by atoms with Crippen LogP contribution < -0.4 is 5.32 Å². The molecule has 0 unspecified atom stereocenters. The maximum absolute atomic E-state index is 13.1. The third-order valence-electron chi connectivity index (χ3n) is 5.76. The lowest BCUT2D eigenvalue weighted by molar-refractivity contribution is 0.0950. The topological polar surface area (TPSA) is 65.7 Å². The van der Waals surface area contributed by atoms with Crippen molar-refractivity contribution in [3.05, 3.63) is 64.9 Å². The molecular formula is C24H28N2O3. The number of likely N-dealkylation sites (tertiary alicyclic amines) is 1. The largest absolute Gasteiger partial charge is 0.508 e. The Kier molecular flexibility index (Phi) is 5.58. The molecule has 1 aromatic heterocycles. The molecule has 1 aliphatic heterocycles. The van der Waals surface area contributed by atoms with Crippen LogP contribution in [0.2, 0.25) is 0 Å². The van der Waals surface area contributed by atoms with Crippen LogP contribution >= 0.6 is 0 Å². The van der Waals surface area contributed by atoms with E-state index in [9.17, 15) is 9.90 Å². The smallest absolute Gasteiger partial charge is 0.255 e. The molecule has 1 fully saturated rings. The van der Waals surface area contributed by atoms with Gasteiger partial charge in [-0.05, 0) is 49.9 Å². The van der Waals surface area contributed by atoms with Gasteiger partial charge in [-0.3, -0.25) is 9.69 Å². The quantitative estimate of drug-likeness (QED) is 0.666. The third-order valence-corrected chi connectivity index (χ3v) is 5.76. The number of aromatic hydroxyl groups is 1. The number of carbonyl (C=O) groups is 1. The van der Waals surface area contributed by atoms with Crippen molar-refractivity contribution in [1.29, 1.82) is 0 Å². The van der Waals surface area contributed by atoms with Gasteiger partial charge in [-0.15, -0.1) is 0 Å². The molecule has 4 rings (SSSR count). The zero-order valence-corrected chi connectivity index (χ0v) is 17.1. The van der Waals surface area contributed by atoms with E-state index in [0.717, 1.165) is 36.0 Å². The maximum Gasteiger partial charge on any atom is 0.255 e. The molecule has 1 aliphatic rings. The molecule has 29 heavy (non-hydrogen) atoms. The van der Waals surface area contributed by atoms with Gasteiger partial charge in [0.1, 0.15) is 17.1 Å². The van der Waals surface area contributed by atoms with Crippen LogP contribution in [0, 0.1) is 12.8 Å². The summed E-state index contributed by atoms with van der Waals surface area (Å²) in [4.78, 5) is 15.4. The highest BCUT2D eigenvalue weighted by Crippen LogP contribution is 2.35. The SMILES string of the molecule is Cc1oc2ccc(O)c(CN3CCC[C@@H](C)C3)c2c1C(=O)NCc1ccccc1. The predicted octanol–water partition coefficient (Wildman–Crippen LogP) is 4.61. The van der Waals surface area contributed by atoms with Crippen molar-refractivity contribution in [1.82, 2.24) is 10.2 Å². The first-order chi connectivity index (χ1) is 14.0. The number of furan rings is 1. The number of rotatable bonds is 5. The average molecular weight is 392 g/mol. The van der Waals surface area contributed by atoms with Crippen molar-refractivity contribution < 1.29 is 14.3 Å². The van der Waals surface area contributed by atoms with Crippen LogP contribution in [0.3, 0.4) is 0 Å². The maximum atomic E-state index is 13.1. The molecule has 2 heterocycles. The Labute approximate surface area is 171 Å². The number of hydrogen-bond donors (Lipinski definition) is 2. The lowest BCUT2D eigenvalue weighted by Gasteiger charge is -2.31. The molecule has 0 radical (unpaired) electrons.